The van der Waals surface area contributed by atoms with E-state index in [9.17, 15) is 0 Å². The molecule has 0 bridgehead atoms. The highest BCUT2D eigenvalue weighted by atomic mass is 35.5. The second-order valence-corrected chi connectivity index (χ2v) is 6.23. The summed E-state index contributed by atoms with van der Waals surface area (Å²) in [6.45, 7) is 2.22. The van der Waals surface area contributed by atoms with E-state index in [0.717, 1.165) is 29.8 Å². The van der Waals surface area contributed by atoms with Gasteiger partial charge in [0.15, 0.2) is 5.65 Å². The molecular formula is C15H16ClN3S. The van der Waals surface area contributed by atoms with Gasteiger partial charge in [-0.05, 0) is 30.5 Å². The first-order chi connectivity index (χ1) is 9.79. The van der Waals surface area contributed by atoms with Crippen molar-refractivity contribution >= 4 is 34.1 Å². The quantitative estimate of drug-likeness (QED) is 0.665. The van der Waals surface area contributed by atoms with Gasteiger partial charge in [0.25, 0.3) is 0 Å². The number of hydrogen-bond donors (Lipinski definition) is 0. The number of aryl methyl sites for hydroxylation is 1. The molecule has 20 heavy (non-hydrogen) atoms. The maximum absolute atomic E-state index is 5.91. The van der Waals surface area contributed by atoms with Crippen molar-refractivity contribution in [3.8, 4) is 0 Å². The average Bonchev–Trinajstić information content (AvgIpc) is 3.05. The summed E-state index contributed by atoms with van der Waals surface area (Å²) < 4.78 is 2.23. The summed E-state index contributed by atoms with van der Waals surface area (Å²) in [4.78, 5) is 10.5. The van der Waals surface area contributed by atoms with Gasteiger partial charge in [0.1, 0.15) is 11.3 Å². The third kappa shape index (κ3) is 2.58. The van der Waals surface area contributed by atoms with Crippen LogP contribution in [0.2, 0.25) is 0 Å². The van der Waals surface area contributed by atoms with E-state index in [-0.39, 0.29) is 0 Å². The van der Waals surface area contributed by atoms with Gasteiger partial charge >= 0.3 is 0 Å². The molecule has 0 aliphatic heterocycles. The molecule has 3 rings (SSSR count). The van der Waals surface area contributed by atoms with E-state index < -0.39 is 0 Å². The predicted molar refractivity (Wildman–Crippen MR) is 84.7 cm³/mol. The lowest BCUT2D eigenvalue weighted by atomic mass is 10.2. The maximum Gasteiger partial charge on any atom is 0.160 e. The summed E-state index contributed by atoms with van der Waals surface area (Å²) in [5, 5.41) is 2.12. The lowest BCUT2D eigenvalue weighted by Gasteiger charge is -2.16. The van der Waals surface area contributed by atoms with Crippen molar-refractivity contribution in [2.45, 2.75) is 25.8 Å². The second-order valence-electron chi connectivity index (χ2n) is 4.82. The molecule has 0 aliphatic carbocycles. The number of aromatic nitrogens is 3. The van der Waals surface area contributed by atoms with Crippen LogP contribution in [-0.2, 0) is 12.8 Å². The van der Waals surface area contributed by atoms with Crippen molar-refractivity contribution in [1.82, 2.24) is 14.5 Å². The van der Waals surface area contributed by atoms with Crippen molar-refractivity contribution in [3.63, 3.8) is 0 Å². The second kappa shape index (κ2) is 5.94. The Bertz CT molecular complexity index is 690. The number of alkyl halides is 1. The molecule has 0 spiro atoms. The molecule has 0 radical (unpaired) electrons. The average molecular weight is 306 g/mol. The number of fused-ring (bicyclic) bond motifs is 1. The zero-order valence-electron chi connectivity index (χ0n) is 11.3. The van der Waals surface area contributed by atoms with E-state index >= 15 is 0 Å². The normalized spacial score (nSPS) is 12.9. The summed E-state index contributed by atoms with van der Waals surface area (Å²) in [6.07, 6.45) is 3.59. The summed E-state index contributed by atoms with van der Waals surface area (Å²) in [5.41, 5.74) is 1.90. The van der Waals surface area contributed by atoms with Crippen LogP contribution < -0.4 is 0 Å². The number of halogens is 1. The smallest absolute Gasteiger partial charge is 0.160 e. The highest BCUT2D eigenvalue weighted by Crippen LogP contribution is 2.24. The molecule has 3 nitrogen and oxygen atoms in total. The van der Waals surface area contributed by atoms with Gasteiger partial charge in [0.05, 0.1) is 0 Å². The molecule has 3 heterocycles. The van der Waals surface area contributed by atoms with Gasteiger partial charge in [0, 0.05) is 35.8 Å². The van der Waals surface area contributed by atoms with Gasteiger partial charge in [0.2, 0.25) is 0 Å². The minimum Gasteiger partial charge on any atom is -0.309 e. The largest absolute Gasteiger partial charge is 0.309 e. The topological polar surface area (TPSA) is 30.7 Å². The van der Waals surface area contributed by atoms with Crippen LogP contribution in [0.15, 0.2) is 35.8 Å². The molecule has 0 aromatic carbocycles. The van der Waals surface area contributed by atoms with Crippen molar-refractivity contribution < 1.29 is 0 Å². The zero-order valence-corrected chi connectivity index (χ0v) is 12.9. The highest BCUT2D eigenvalue weighted by Gasteiger charge is 2.16. The highest BCUT2D eigenvalue weighted by molar-refractivity contribution is 7.09. The van der Waals surface area contributed by atoms with Gasteiger partial charge in [-0.25, -0.2) is 9.97 Å². The van der Waals surface area contributed by atoms with Crippen LogP contribution in [0, 0.1) is 0 Å². The Morgan fingerprint density at radius 2 is 2.25 bits per heavy atom. The first-order valence-electron chi connectivity index (χ1n) is 6.69. The van der Waals surface area contributed by atoms with Gasteiger partial charge in [-0.15, -0.1) is 22.9 Å². The monoisotopic (exact) mass is 305 g/mol. The fourth-order valence-corrected chi connectivity index (χ4v) is 3.51. The number of thiophene rings is 1. The van der Waals surface area contributed by atoms with Crippen LogP contribution in [0.4, 0.5) is 0 Å². The number of nitrogens with zero attached hydrogens (tertiary/aromatic N) is 3. The summed E-state index contributed by atoms with van der Waals surface area (Å²) in [6, 6.07) is 8.53. The first-order valence-corrected chi connectivity index (χ1v) is 8.11. The molecule has 0 N–H and O–H groups in total. The summed E-state index contributed by atoms with van der Waals surface area (Å²) >= 11 is 7.70. The fraction of sp³-hybridized carbons (Fsp3) is 0.333. The number of rotatable bonds is 5. The molecule has 1 atom stereocenters. The zero-order chi connectivity index (χ0) is 13.9. The molecular weight excluding hydrogens is 290 g/mol. The molecule has 5 heteroatoms. The molecule has 0 aliphatic rings. The van der Waals surface area contributed by atoms with Gasteiger partial charge < -0.3 is 4.57 Å². The number of pyridine rings is 1. The van der Waals surface area contributed by atoms with Crippen molar-refractivity contribution in [1.29, 1.82) is 0 Å². The van der Waals surface area contributed by atoms with Crippen LogP contribution in [0.5, 0.6) is 0 Å². The molecule has 0 saturated carbocycles. The lowest BCUT2D eigenvalue weighted by Crippen LogP contribution is -2.12. The van der Waals surface area contributed by atoms with Crippen LogP contribution >= 0.6 is 22.9 Å². The SMILES string of the molecule is CC(Cc1cccs1)n1c(CCCl)nc2cccnc21. The molecule has 3 aromatic rings. The minimum atomic E-state index is 0.326. The molecule has 0 fully saturated rings. The third-order valence-electron chi connectivity index (χ3n) is 3.36. The van der Waals surface area contributed by atoms with Gasteiger partial charge in [-0.1, -0.05) is 6.07 Å². The Morgan fingerprint density at radius 3 is 3.00 bits per heavy atom. The first kappa shape index (κ1) is 13.6. The molecule has 104 valence electrons. The van der Waals surface area contributed by atoms with Crippen molar-refractivity contribution in [2.75, 3.05) is 5.88 Å². The number of imidazole rings is 1. The third-order valence-corrected chi connectivity index (χ3v) is 4.45. The molecule has 3 aromatic heterocycles. The Balaban J connectivity index is 2.01. The lowest BCUT2D eigenvalue weighted by molar-refractivity contribution is 0.538. The number of hydrogen-bond acceptors (Lipinski definition) is 3. The Hall–Kier alpha value is -1.39. The van der Waals surface area contributed by atoms with Crippen LogP contribution in [0.3, 0.4) is 0 Å². The molecule has 1 unspecified atom stereocenters. The Labute approximate surface area is 127 Å². The van der Waals surface area contributed by atoms with E-state index in [1.54, 1.807) is 11.3 Å². The minimum absolute atomic E-state index is 0.326. The van der Waals surface area contributed by atoms with E-state index in [1.165, 1.54) is 4.88 Å². The maximum atomic E-state index is 5.91. The summed E-state index contributed by atoms with van der Waals surface area (Å²) in [5.74, 6) is 1.60. The van der Waals surface area contributed by atoms with Crippen molar-refractivity contribution in [2.24, 2.45) is 0 Å². The van der Waals surface area contributed by atoms with Crippen LogP contribution in [0.25, 0.3) is 11.2 Å². The predicted octanol–water partition coefficient (Wildman–Crippen LogP) is 4.08. The van der Waals surface area contributed by atoms with Gasteiger partial charge in [-0.2, -0.15) is 0 Å². The Morgan fingerprint density at radius 1 is 1.35 bits per heavy atom. The molecule has 0 saturated heterocycles. The van der Waals surface area contributed by atoms with Gasteiger partial charge in [-0.3, -0.25) is 0 Å². The Kier molecular flexibility index (Phi) is 4.03. The fourth-order valence-electron chi connectivity index (χ4n) is 2.51. The van der Waals surface area contributed by atoms with E-state index in [4.69, 9.17) is 11.6 Å². The van der Waals surface area contributed by atoms with E-state index in [2.05, 4.69) is 39.0 Å². The van der Waals surface area contributed by atoms with Crippen molar-refractivity contribution in [3.05, 3.63) is 46.5 Å². The summed E-state index contributed by atoms with van der Waals surface area (Å²) in [7, 11) is 0. The van der Waals surface area contributed by atoms with E-state index in [1.807, 2.05) is 18.3 Å². The standard InChI is InChI=1S/C15H16ClN3S/c1-11(10-12-4-3-9-20-12)19-14(6-7-16)18-13-5-2-8-17-15(13)19/h2-5,8-9,11H,6-7,10H2,1H3. The van der Waals surface area contributed by atoms with Crippen LogP contribution in [-0.4, -0.2) is 20.4 Å². The molecule has 0 amide bonds. The van der Waals surface area contributed by atoms with E-state index in [0.29, 0.717) is 11.9 Å². The van der Waals surface area contributed by atoms with Crippen LogP contribution in [0.1, 0.15) is 23.7 Å².